The van der Waals surface area contributed by atoms with E-state index in [2.05, 4.69) is 28.1 Å². The van der Waals surface area contributed by atoms with Gasteiger partial charge >= 0.3 is 6.03 Å². The number of carbonyl (C=O) groups is 3. The zero-order valence-corrected chi connectivity index (χ0v) is 18.5. The molecule has 0 spiro atoms. The second kappa shape index (κ2) is 7.45. The van der Waals surface area contributed by atoms with Crippen LogP contribution >= 0.6 is 0 Å². The van der Waals surface area contributed by atoms with E-state index in [1.165, 1.54) is 0 Å². The van der Waals surface area contributed by atoms with Gasteiger partial charge in [0, 0.05) is 11.1 Å². The topological polar surface area (TPSA) is 96.5 Å². The van der Waals surface area contributed by atoms with Gasteiger partial charge in [-0.2, -0.15) is 0 Å². The third kappa shape index (κ3) is 3.00. The van der Waals surface area contributed by atoms with Crippen LogP contribution in [-0.4, -0.2) is 25.0 Å². The molecule has 2 aliphatic carbocycles. The van der Waals surface area contributed by atoms with Gasteiger partial charge in [-0.3, -0.25) is 14.9 Å². The number of carbonyl (C=O) groups excluding carboxylic acids is 3. The zero-order valence-electron chi connectivity index (χ0n) is 18.5. The number of imide groups is 1. The number of anilines is 2. The molecule has 0 aromatic heterocycles. The maximum Gasteiger partial charge on any atom is 0.323 e. The first kappa shape index (κ1) is 20.5. The Bertz CT molecular complexity index is 1380. The molecular formula is C27H23N3O4. The maximum absolute atomic E-state index is 12.7. The quantitative estimate of drug-likeness (QED) is 0.407. The minimum atomic E-state index is -0.467. The SMILES string of the molecule is COc1cc2ccccc2cc1NC(=O)Nc1ccc(C23C=CC(C2)C2C(=O)NC(=O)C23)cc1. The van der Waals surface area contributed by atoms with Crippen LogP contribution in [0.25, 0.3) is 10.8 Å². The predicted molar refractivity (Wildman–Crippen MR) is 129 cm³/mol. The average molecular weight is 453 g/mol. The first-order valence-electron chi connectivity index (χ1n) is 11.3. The van der Waals surface area contributed by atoms with Crippen LogP contribution in [0, 0.1) is 17.8 Å². The molecule has 0 radical (unpaired) electrons. The Balaban J connectivity index is 1.20. The van der Waals surface area contributed by atoms with E-state index < -0.39 is 5.41 Å². The van der Waals surface area contributed by atoms with Gasteiger partial charge in [0.25, 0.3) is 0 Å². The molecule has 1 saturated carbocycles. The number of methoxy groups -OCH3 is 1. The molecular weight excluding hydrogens is 430 g/mol. The fraction of sp³-hybridized carbons (Fsp3) is 0.222. The number of urea groups is 1. The predicted octanol–water partition coefficient (Wildman–Crippen LogP) is 4.21. The number of benzene rings is 3. The van der Waals surface area contributed by atoms with Gasteiger partial charge < -0.3 is 15.4 Å². The second-order valence-corrected chi connectivity index (χ2v) is 9.18. The van der Waals surface area contributed by atoms with Crippen molar-refractivity contribution in [3.63, 3.8) is 0 Å². The van der Waals surface area contributed by atoms with Gasteiger partial charge in [0.15, 0.2) is 0 Å². The summed E-state index contributed by atoms with van der Waals surface area (Å²) >= 11 is 0. The van der Waals surface area contributed by atoms with Crippen LogP contribution in [0.15, 0.2) is 72.8 Å². The highest BCUT2D eigenvalue weighted by molar-refractivity contribution is 6.07. The van der Waals surface area contributed by atoms with Crippen molar-refractivity contribution in [2.75, 3.05) is 17.7 Å². The maximum atomic E-state index is 12.7. The molecule has 1 saturated heterocycles. The van der Waals surface area contributed by atoms with Gasteiger partial charge in [0.2, 0.25) is 11.8 Å². The minimum Gasteiger partial charge on any atom is -0.495 e. The van der Waals surface area contributed by atoms with Crippen LogP contribution in [0.3, 0.4) is 0 Å². The van der Waals surface area contributed by atoms with Crippen molar-refractivity contribution in [3.8, 4) is 5.75 Å². The summed E-state index contributed by atoms with van der Waals surface area (Å²) in [5.41, 5.74) is 1.71. The Labute approximate surface area is 196 Å². The highest BCUT2D eigenvalue weighted by Gasteiger charge is 2.64. The fourth-order valence-corrected chi connectivity index (χ4v) is 5.92. The molecule has 4 atom stereocenters. The van der Waals surface area contributed by atoms with Crippen LogP contribution in [0.2, 0.25) is 0 Å². The molecule has 3 aromatic rings. The van der Waals surface area contributed by atoms with E-state index in [1.54, 1.807) is 7.11 Å². The number of nitrogens with one attached hydrogen (secondary N) is 3. The summed E-state index contributed by atoms with van der Waals surface area (Å²) < 4.78 is 5.45. The standard InChI is InChI=1S/C27H23N3O4/c1-34-21-13-16-5-3-2-4-15(16)12-20(21)29-26(33)28-19-8-6-18(7-9-19)27-11-10-17(14-27)22-23(27)25(32)30-24(22)31/h2-13,17,22-23H,14H2,1H3,(H2,28,29,33)(H,30,31,32). The van der Waals surface area contributed by atoms with Crippen LogP contribution in [0.4, 0.5) is 16.2 Å². The molecule has 6 rings (SSSR count). The smallest absolute Gasteiger partial charge is 0.323 e. The third-order valence-electron chi connectivity index (χ3n) is 7.42. The first-order valence-corrected chi connectivity index (χ1v) is 11.3. The monoisotopic (exact) mass is 453 g/mol. The van der Waals surface area contributed by atoms with Gasteiger partial charge in [0.05, 0.1) is 24.6 Å². The lowest BCUT2D eigenvalue weighted by atomic mass is 9.70. The normalized spacial score (nSPS) is 26.4. The average Bonchev–Trinajstić information content (AvgIpc) is 3.51. The second-order valence-electron chi connectivity index (χ2n) is 9.18. The van der Waals surface area contributed by atoms with Crippen molar-refractivity contribution in [1.29, 1.82) is 0 Å². The van der Waals surface area contributed by atoms with Gasteiger partial charge in [-0.1, -0.05) is 48.6 Å². The summed E-state index contributed by atoms with van der Waals surface area (Å²) in [5.74, 6) is -0.323. The molecule has 3 aromatic carbocycles. The number of rotatable bonds is 4. The van der Waals surface area contributed by atoms with Crippen LogP contribution in [0.1, 0.15) is 12.0 Å². The summed E-state index contributed by atoms with van der Waals surface area (Å²) in [5, 5.41) is 10.2. The minimum absolute atomic E-state index is 0.0944. The summed E-state index contributed by atoms with van der Waals surface area (Å²) in [6.45, 7) is 0. The van der Waals surface area contributed by atoms with Crippen molar-refractivity contribution in [3.05, 3.63) is 78.4 Å². The fourth-order valence-electron chi connectivity index (χ4n) is 5.92. The molecule has 3 N–H and O–H groups in total. The van der Waals surface area contributed by atoms with Crippen LogP contribution in [-0.2, 0) is 15.0 Å². The lowest BCUT2D eigenvalue weighted by Gasteiger charge is -2.30. The summed E-state index contributed by atoms with van der Waals surface area (Å²) in [6.07, 6.45) is 4.91. The van der Waals surface area contributed by atoms with E-state index in [0.717, 1.165) is 22.8 Å². The molecule has 34 heavy (non-hydrogen) atoms. The molecule has 2 bridgehead atoms. The van der Waals surface area contributed by atoms with Crippen molar-refractivity contribution < 1.29 is 19.1 Å². The van der Waals surface area contributed by atoms with Crippen molar-refractivity contribution in [1.82, 2.24) is 5.32 Å². The van der Waals surface area contributed by atoms with E-state index in [4.69, 9.17) is 4.74 Å². The van der Waals surface area contributed by atoms with Crippen molar-refractivity contribution in [2.24, 2.45) is 17.8 Å². The zero-order chi connectivity index (χ0) is 23.4. The first-order chi connectivity index (χ1) is 16.5. The lowest BCUT2D eigenvalue weighted by Crippen LogP contribution is -2.36. The Morgan fingerprint density at radius 2 is 1.74 bits per heavy atom. The van der Waals surface area contributed by atoms with E-state index in [1.807, 2.05) is 60.7 Å². The summed E-state index contributed by atoms with van der Waals surface area (Å²) in [7, 11) is 1.57. The number of hydrogen-bond donors (Lipinski definition) is 3. The summed E-state index contributed by atoms with van der Waals surface area (Å²) in [6, 6.07) is 18.7. The Morgan fingerprint density at radius 3 is 2.47 bits per heavy atom. The molecule has 2 fully saturated rings. The molecule has 7 heteroatoms. The molecule has 4 amide bonds. The lowest BCUT2D eigenvalue weighted by molar-refractivity contribution is -0.126. The molecule has 3 aliphatic rings. The molecule has 4 unspecified atom stereocenters. The highest BCUT2D eigenvalue weighted by atomic mass is 16.5. The molecule has 170 valence electrons. The van der Waals surface area contributed by atoms with E-state index in [-0.39, 0.29) is 35.6 Å². The Morgan fingerprint density at radius 1 is 1.00 bits per heavy atom. The number of amides is 4. The Hall–Kier alpha value is -4.13. The number of ether oxygens (including phenoxy) is 1. The van der Waals surface area contributed by atoms with E-state index >= 15 is 0 Å². The largest absolute Gasteiger partial charge is 0.495 e. The van der Waals surface area contributed by atoms with Gasteiger partial charge in [-0.05, 0) is 52.9 Å². The summed E-state index contributed by atoms with van der Waals surface area (Å²) in [4.78, 5) is 37.5. The Kier molecular flexibility index (Phi) is 4.49. The third-order valence-corrected chi connectivity index (χ3v) is 7.42. The van der Waals surface area contributed by atoms with Gasteiger partial charge in [0.1, 0.15) is 5.75 Å². The van der Waals surface area contributed by atoms with E-state index in [9.17, 15) is 14.4 Å². The van der Waals surface area contributed by atoms with E-state index in [0.29, 0.717) is 17.1 Å². The van der Waals surface area contributed by atoms with Crippen LogP contribution < -0.4 is 20.7 Å². The number of hydrogen-bond acceptors (Lipinski definition) is 4. The van der Waals surface area contributed by atoms with Crippen molar-refractivity contribution >= 4 is 40.0 Å². The van der Waals surface area contributed by atoms with Gasteiger partial charge in [-0.15, -0.1) is 0 Å². The van der Waals surface area contributed by atoms with Gasteiger partial charge in [-0.25, -0.2) is 4.79 Å². The number of allylic oxidation sites excluding steroid dienone is 2. The van der Waals surface area contributed by atoms with Crippen LogP contribution in [0.5, 0.6) is 5.75 Å². The highest BCUT2D eigenvalue weighted by Crippen LogP contribution is 2.59. The molecule has 7 nitrogen and oxygen atoms in total. The molecule has 1 heterocycles. The molecule has 1 aliphatic heterocycles. The number of fused-ring (bicyclic) bond motifs is 6. The van der Waals surface area contributed by atoms with Crippen molar-refractivity contribution in [2.45, 2.75) is 11.8 Å².